The van der Waals surface area contributed by atoms with E-state index in [2.05, 4.69) is 15.4 Å². The molecule has 0 saturated carbocycles. The van der Waals surface area contributed by atoms with Crippen LogP contribution in [0, 0.1) is 6.92 Å². The lowest BCUT2D eigenvalue weighted by Crippen LogP contribution is -2.37. The van der Waals surface area contributed by atoms with Crippen molar-refractivity contribution in [2.24, 2.45) is 0 Å². The van der Waals surface area contributed by atoms with Crippen LogP contribution in [-0.2, 0) is 16.1 Å². The Morgan fingerprint density at radius 3 is 2.96 bits per heavy atom. The number of hydrogen-bond donors (Lipinski definition) is 1. The van der Waals surface area contributed by atoms with E-state index in [0.717, 1.165) is 34.8 Å². The van der Waals surface area contributed by atoms with Crippen LogP contribution < -0.4 is 10.9 Å². The second-order valence-corrected chi connectivity index (χ2v) is 7.40. The maximum absolute atomic E-state index is 12.6. The number of aryl methyl sites for hydroxylation is 1. The Morgan fingerprint density at radius 1 is 1.50 bits per heavy atom. The van der Waals surface area contributed by atoms with Crippen molar-refractivity contribution in [2.75, 3.05) is 13.2 Å². The molecule has 0 bridgehead atoms. The molecule has 2 aromatic heterocycles. The quantitative estimate of drug-likeness (QED) is 0.885. The van der Waals surface area contributed by atoms with Crippen molar-refractivity contribution < 1.29 is 9.53 Å². The van der Waals surface area contributed by atoms with Crippen molar-refractivity contribution in [3.63, 3.8) is 0 Å². The minimum atomic E-state index is -0.314. The van der Waals surface area contributed by atoms with Gasteiger partial charge in [0, 0.05) is 19.1 Å². The summed E-state index contributed by atoms with van der Waals surface area (Å²) in [5.74, 6) is 0.0162. The molecule has 7 nitrogen and oxygen atoms in total. The highest BCUT2D eigenvalue weighted by Crippen LogP contribution is 2.26. The van der Waals surface area contributed by atoms with Gasteiger partial charge >= 0.3 is 0 Å². The predicted molar refractivity (Wildman–Crippen MR) is 92.5 cm³/mol. The number of hydrogen-bond acceptors (Lipinski definition) is 6. The number of rotatable bonds is 5. The fourth-order valence-corrected chi connectivity index (χ4v) is 3.70. The number of carbonyl (C=O) groups excluding carboxylic acids is 1. The molecule has 1 atom stereocenters. The molecule has 1 aliphatic heterocycles. The standard InChI is InChI=1S/C16H22N4O3S/c1-9(2)15-18-13-14(24-15)10(3)19-20(16(13)22)8-12(21)17-7-11-5-4-6-23-11/h9,11H,4-8H2,1-3H3,(H,17,21)/t11-/m0/s1. The molecule has 0 unspecified atom stereocenters. The summed E-state index contributed by atoms with van der Waals surface area (Å²) in [6.07, 6.45) is 2.06. The van der Waals surface area contributed by atoms with E-state index in [9.17, 15) is 9.59 Å². The molecule has 0 aliphatic carbocycles. The van der Waals surface area contributed by atoms with Gasteiger partial charge in [-0.3, -0.25) is 9.59 Å². The summed E-state index contributed by atoms with van der Waals surface area (Å²) in [7, 11) is 0. The number of carbonyl (C=O) groups is 1. The van der Waals surface area contributed by atoms with Gasteiger partial charge < -0.3 is 10.1 Å². The maximum Gasteiger partial charge on any atom is 0.294 e. The molecule has 1 fully saturated rings. The number of aromatic nitrogens is 3. The van der Waals surface area contributed by atoms with E-state index in [0.29, 0.717) is 12.1 Å². The lowest BCUT2D eigenvalue weighted by atomic mass is 10.2. The van der Waals surface area contributed by atoms with E-state index in [-0.39, 0.29) is 30.0 Å². The summed E-state index contributed by atoms with van der Waals surface area (Å²) in [4.78, 5) is 29.1. The fourth-order valence-electron chi connectivity index (χ4n) is 2.70. The third kappa shape index (κ3) is 3.49. The highest BCUT2D eigenvalue weighted by molar-refractivity contribution is 7.18. The largest absolute Gasteiger partial charge is 0.376 e. The van der Waals surface area contributed by atoms with E-state index in [1.54, 1.807) is 0 Å². The number of thiazole rings is 1. The van der Waals surface area contributed by atoms with Gasteiger partial charge in [-0.1, -0.05) is 13.8 Å². The van der Waals surface area contributed by atoms with Gasteiger partial charge in [-0.05, 0) is 19.8 Å². The molecule has 0 spiro atoms. The smallest absolute Gasteiger partial charge is 0.294 e. The number of fused-ring (bicyclic) bond motifs is 1. The van der Waals surface area contributed by atoms with Crippen molar-refractivity contribution in [3.8, 4) is 0 Å². The molecule has 0 aromatic carbocycles. The normalized spacial score (nSPS) is 17.8. The minimum Gasteiger partial charge on any atom is -0.376 e. The summed E-state index contributed by atoms with van der Waals surface area (Å²) < 4.78 is 7.48. The monoisotopic (exact) mass is 350 g/mol. The van der Waals surface area contributed by atoms with Crippen LogP contribution in [-0.4, -0.2) is 39.9 Å². The Bertz CT molecular complexity index is 805. The first-order valence-electron chi connectivity index (χ1n) is 8.22. The summed E-state index contributed by atoms with van der Waals surface area (Å²) in [5.41, 5.74) is 0.815. The van der Waals surface area contributed by atoms with Gasteiger partial charge in [-0.2, -0.15) is 5.10 Å². The molecule has 8 heteroatoms. The second-order valence-electron chi connectivity index (χ2n) is 6.37. The van der Waals surface area contributed by atoms with Gasteiger partial charge in [0.15, 0.2) is 5.52 Å². The molecular weight excluding hydrogens is 328 g/mol. The molecule has 3 heterocycles. The van der Waals surface area contributed by atoms with Crippen LogP contribution >= 0.6 is 11.3 Å². The van der Waals surface area contributed by atoms with Crippen LogP contribution in [0.15, 0.2) is 4.79 Å². The average molecular weight is 350 g/mol. The van der Waals surface area contributed by atoms with Crippen LogP contribution in [0.25, 0.3) is 10.2 Å². The van der Waals surface area contributed by atoms with Crippen molar-refractivity contribution >= 4 is 27.5 Å². The molecule has 0 radical (unpaired) electrons. The van der Waals surface area contributed by atoms with Crippen molar-refractivity contribution in [3.05, 3.63) is 21.1 Å². The van der Waals surface area contributed by atoms with E-state index in [1.807, 2.05) is 20.8 Å². The first-order chi connectivity index (χ1) is 11.5. The summed E-state index contributed by atoms with van der Waals surface area (Å²) in [6.45, 7) is 7.04. The lowest BCUT2D eigenvalue weighted by molar-refractivity contribution is -0.122. The van der Waals surface area contributed by atoms with Crippen molar-refractivity contribution in [1.29, 1.82) is 0 Å². The van der Waals surface area contributed by atoms with E-state index in [4.69, 9.17) is 4.74 Å². The van der Waals surface area contributed by atoms with E-state index in [1.165, 1.54) is 16.0 Å². The molecule has 3 rings (SSSR count). The summed E-state index contributed by atoms with van der Waals surface area (Å²) >= 11 is 1.50. The number of amides is 1. The van der Waals surface area contributed by atoms with Gasteiger partial charge in [-0.15, -0.1) is 11.3 Å². The predicted octanol–water partition coefficient (Wildman–Crippen LogP) is 1.58. The molecule has 1 saturated heterocycles. The topological polar surface area (TPSA) is 86.1 Å². The van der Waals surface area contributed by atoms with Crippen molar-refractivity contribution in [1.82, 2.24) is 20.1 Å². The Balaban J connectivity index is 1.77. The molecule has 1 amide bonds. The number of nitrogens with one attached hydrogen (secondary N) is 1. The molecule has 130 valence electrons. The van der Waals surface area contributed by atoms with Gasteiger partial charge in [0.25, 0.3) is 5.56 Å². The van der Waals surface area contributed by atoms with E-state index < -0.39 is 0 Å². The minimum absolute atomic E-state index is 0.0787. The highest BCUT2D eigenvalue weighted by Gasteiger charge is 2.19. The van der Waals surface area contributed by atoms with Crippen LogP contribution in [0.4, 0.5) is 0 Å². The first-order valence-corrected chi connectivity index (χ1v) is 9.04. The zero-order valence-corrected chi connectivity index (χ0v) is 15.0. The maximum atomic E-state index is 12.6. The van der Waals surface area contributed by atoms with Crippen LogP contribution in [0.3, 0.4) is 0 Å². The molecule has 24 heavy (non-hydrogen) atoms. The molecule has 1 N–H and O–H groups in total. The van der Waals surface area contributed by atoms with Crippen molar-refractivity contribution in [2.45, 2.75) is 52.2 Å². The molecule has 2 aromatic rings. The fraction of sp³-hybridized carbons (Fsp3) is 0.625. The van der Waals surface area contributed by atoms with Crippen LogP contribution in [0.1, 0.15) is 43.3 Å². The third-order valence-corrected chi connectivity index (χ3v) is 5.48. The van der Waals surface area contributed by atoms with Crippen LogP contribution in [0.5, 0.6) is 0 Å². The third-order valence-electron chi connectivity index (χ3n) is 4.02. The van der Waals surface area contributed by atoms with Gasteiger partial charge in [-0.25, -0.2) is 9.67 Å². The van der Waals surface area contributed by atoms with Crippen LogP contribution in [0.2, 0.25) is 0 Å². The number of ether oxygens (including phenoxy) is 1. The van der Waals surface area contributed by atoms with Gasteiger partial charge in [0.05, 0.1) is 21.5 Å². The number of nitrogens with zero attached hydrogens (tertiary/aromatic N) is 3. The Morgan fingerprint density at radius 2 is 2.29 bits per heavy atom. The zero-order chi connectivity index (χ0) is 17.3. The SMILES string of the molecule is Cc1nn(CC(=O)NC[C@@H]2CCCO2)c(=O)c2nc(C(C)C)sc12. The lowest BCUT2D eigenvalue weighted by Gasteiger charge is -2.11. The summed E-state index contributed by atoms with van der Waals surface area (Å²) in [5, 5.41) is 8.00. The van der Waals surface area contributed by atoms with Gasteiger partial charge in [0.1, 0.15) is 6.54 Å². The first kappa shape index (κ1) is 17.0. The van der Waals surface area contributed by atoms with E-state index >= 15 is 0 Å². The van der Waals surface area contributed by atoms with Gasteiger partial charge in [0.2, 0.25) is 5.91 Å². The molecule has 1 aliphatic rings. The highest BCUT2D eigenvalue weighted by atomic mass is 32.1. The zero-order valence-electron chi connectivity index (χ0n) is 14.2. The second kappa shape index (κ2) is 6.98. The summed E-state index contributed by atoms with van der Waals surface area (Å²) in [6, 6.07) is 0. The Kier molecular flexibility index (Phi) is 4.96. The average Bonchev–Trinajstić information content (AvgIpc) is 3.19. The Hall–Kier alpha value is -1.80. The molecular formula is C16H22N4O3S. The Labute approximate surface area is 144 Å².